The van der Waals surface area contributed by atoms with Crippen LogP contribution in [0.1, 0.15) is 24.0 Å². The molecular weight excluding hydrogens is 242 g/mol. The number of carbonyl (C=O) groups excluding carboxylic acids is 2. The summed E-state index contributed by atoms with van der Waals surface area (Å²) < 4.78 is 0. The van der Waals surface area contributed by atoms with Crippen molar-refractivity contribution in [1.82, 2.24) is 10.6 Å². The van der Waals surface area contributed by atoms with E-state index in [2.05, 4.69) is 28.1 Å². The Morgan fingerprint density at radius 3 is 2.89 bits per heavy atom. The largest absolute Gasteiger partial charge is 0.374 e. The van der Waals surface area contributed by atoms with E-state index in [1.165, 1.54) is 11.1 Å². The van der Waals surface area contributed by atoms with Gasteiger partial charge in [0.25, 0.3) is 0 Å². The average Bonchev–Trinajstić information content (AvgIpc) is 2.42. The molecule has 1 saturated heterocycles. The van der Waals surface area contributed by atoms with E-state index >= 15 is 0 Å². The molecule has 0 aromatic heterocycles. The molecule has 3 N–H and O–H groups in total. The summed E-state index contributed by atoms with van der Waals surface area (Å²) in [5.74, 6) is -0.407. The Morgan fingerprint density at radius 2 is 2.05 bits per heavy atom. The molecule has 0 bridgehead atoms. The van der Waals surface area contributed by atoms with E-state index in [0.29, 0.717) is 12.8 Å². The van der Waals surface area contributed by atoms with E-state index in [9.17, 15) is 9.59 Å². The average molecular weight is 259 g/mol. The summed E-state index contributed by atoms with van der Waals surface area (Å²) in [6.45, 7) is 1.91. The predicted molar refractivity (Wildman–Crippen MR) is 71.6 cm³/mol. The van der Waals surface area contributed by atoms with Crippen molar-refractivity contribution in [2.75, 3.05) is 11.9 Å². The van der Waals surface area contributed by atoms with Crippen LogP contribution in [0.25, 0.3) is 0 Å². The van der Waals surface area contributed by atoms with Crippen molar-refractivity contribution in [3.63, 3.8) is 0 Å². The Kier molecular flexibility index (Phi) is 3.21. The summed E-state index contributed by atoms with van der Waals surface area (Å²) >= 11 is 0. The van der Waals surface area contributed by atoms with Gasteiger partial charge < -0.3 is 10.6 Å². The zero-order valence-electron chi connectivity index (χ0n) is 10.7. The molecular formula is C14H17N3O2. The molecule has 1 fully saturated rings. The van der Waals surface area contributed by atoms with Gasteiger partial charge in [0.15, 0.2) is 0 Å². The molecule has 2 aliphatic heterocycles. The van der Waals surface area contributed by atoms with Gasteiger partial charge in [-0.3, -0.25) is 14.9 Å². The van der Waals surface area contributed by atoms with Crippen LogP contribution in [0.3, 0.4) is 0 Å². The first kappa shape index (κ1) is 12.2. The van der Waals surface area contributed by atoms with Crippen LogP contribution in [0.4, 0.5) is 5.69 Å². The van der Waals surface area contributed by atoms with E-state index in [1.54, 1.807) is 0 Å². The van der Waals surface area contributed by atoms with Crippen molar-refractivity contribution in [2.24, 2.45) is 0 Å². The number of fused-ring (bicyclic) bond motifs is 1. The van der Waals surface area contributed by atoms with Gasteiger partial charge in [-0.05, 0) is 42.6 Å². The second-order valence-corrected chi connectivity index (χ2v) is 5.06. The van der Waals surface area contributed by atoms with Crippen molar-refractivity contribution in [3.05, 3.63) is 29.3 Å². The summed E-state index contributed by atoms with van der Waals surface area (Å²) in [5.41, 5.74) is 3.60. The first-order chi connectivity index (χ1) is 9.22. The molecule has 3 rings (SSSR count). The maximum Gasteiger partial charge on any atom is 0.249 e. The highest BCUT2D eigenvalue weighted by Crippen LogP contribution is 2.20. The van der Waals surface area contributed by atoms with Crippen molar-refractivity contribution in [1.29, 1.82) is 0 Å². The van der Waals surface area contributed by atoms with Crippen molar-refractivity contribution >= 4 is 17.5 Å². The molecule has 0 spiro atoms. The number of carbonyl (C=O) groups is 2. The Labute approximate surface area is 111 Å². The number of rotatable bonds is 2. The maximum atomic E-state index is 11.7. The number of imide groups is 1. The Morgan fingerprint density at radius 1 is 1.16 bits per heavy atom. The van der Waals surface area contributed by atoms with E-state index in [4.69, 9.17) is 0 Å². The minimum absolute atomic E-state index is 0.181. The van der Waals surface area contributed by atoms with Gasteiger partial charge >= 0.3 is 0 Å². The molecule has 2 amide bonds. The third kappa shape index (κ3) is 2.61. The van der Waals surface area contributed by atoms with Gasteiger partial charge in [0.1, 0.15) is 6.04 Å². The molecule has 2 heterocycles. The van der Waals surface area contributed by atoms with Crippen molar-refractivity contribution in [2.45, 2.75) is 31.8 Å². The molecule has 1 atom stereocenters. The Hall–Kier alpha value is -1.88. The molecule has 100 valence electrons. The molecule has 1 unspecified atom stereocenters. The highest BCUT2D eigenvalue weighted by molar-refractivity contribution is 6.01. The second-order valence-electron chi connectivity index (χ2n) is 5.06. The zero-order valence-corrected chi connectivity index (χ0v) is 10.7. The lowest BCUT2D eigenvalue weighted by Gasteiger charge is -2.24. The van der Waals surface area contributed by atoms with Crippen LogP contribution < -0.4 is 16.0 Å². The van der Waals surface area contributed by atoms with Crippen LogP contribution in [0.5, 0.6) is 0 Å². The third-order valence-electron chi connectivity index (χ3n) is 3.67. The number of amides is 2. The third-order valence-corrected chi connectivity index (χ3v) is 3.67. The van der Waals surface area contributed by atoms with Gasteiger partial charge in [-0.2, -0.15) is 0 Å². The van der Waals surface area contributed by atoms with Crippen molar-refractivity contribution in [3.8, 4) is 0 Å². The van der Waals surface area contributed by atoms with Crippen LogP contribution in [-0.2, 0) is 22.6 Å². The van der Waals surface area contributed by atoms with Gasteiger partial charge in [-0.25, -0.2) is 0 Å². The number of nitrogens with one attached hydrogen (secondary N) is 3. The molecule has 5 nitrogen and oxygen atoms in total. The number of piperidine rings is 1. The molecule has 0 radical (unpaired) electrons. The van der Waals surface area contributed by atoms with Gasteiger partial charge in [0.05, 0.1) is 0 Å². The highest BCUT2D eigenvalue weighted by Gasteiger charge is 2.26. The van der Waals surface area contributed by atoms with Crippen LogP contribution in [0.15, 0.2) is 18.2 Å². The Balaban J connectivity index is 1.73. The first-order valence-corrected chi connectivity index (χ1v) is 6.65. The molecule has 1 aromatic rings. The maximum absolute atomic E-state index is 11.7. The molecule has 1 aromatic carbocycles. The normalized spacial score (nSPS) is 22.6. The quantitative estimate of drug-likeness (QED) is 0.678. The van der Waals surface area contributed by atoms with Crippen LogP contribution >= 0.6 is 0 Å². The monoisotopic (exact) mass is 259 g/mol. The van der Waals surface area contributed by atoms with Crippen LogP contribution in [0, 0.1) is 0 Å². The zero-order chi connectivity index (χ0) is 13.2. The van der Waals surface area contributed by atoms with E-state index in [0.717, 1.165) is 25.2 Å². The molecule has 0 saturated carbocycles. The first-order valence-electron chi connectivity index (χ1n) is 6.65. The van der Waals surface area contributed by atoms with E-state index < -0.39 is 0 Å². The van der Waals surface area contributed by atoms with Crippen LogP contribution in [0.2, 0.25) is 0 Å². The van der Waals surface area contributed by atoms with E-state index in [-0.39, 0.29) is 17.9 Å². The minimum Gasteiger partial charge on any atom is -0.374 e. The smallest absolute Gasteiger partial charge is 0.249 e. The lowest BCUT2D eigenvalue weighted by molar-refractivity contribution is -0.133. The topological polar surface area (TPSA) is 70.2 Å². The summed E-state index contributed by atoms with van der Waals surface area (Å²) in [7, 11) is 0. The van der Waals surface area contributed by atoms with Gasteiger partial charge in [0.2, 0.25) is 11.8 Å². The SMILES string of the molecule is O=C1CCC(Nc2ccc3c(c2)CCNC3)C(=O)N1. The molecule has 0 aliphatic carbocycles. The summed E-state index contributed by atoms with van der Waals surface area (Å²) in [5, 5.41) is 8.91. The second kappa shape index (κ2) is 5.01. The number of hydrogen-bond donors (Lipinski definition) is 3. The minimum atomic E-state index is -0.308. The summed E-state index contributed by atoms with van der Waals surface area (Å²) in [4.78, 5) is 22.8. The fraction of sp³-hybridized carbons (Fsp3) is 0.429. The van der Waals surface area contributed by atoms with E-state index in [1.807, 2.05) is 6.07 Å². The lowest BCUT2D eigenvalue weighted by atomic mass is 9.99. The number of anilines is 1. The molecule has 2 aliphatic rings. The highest BCUT2D eigenvalue weighted by atomic mass is 16.2. The van der Waals surface area contributed by atoms with Gasteiger partial charge in [-0.15, -0.1) is 0 Å². The molecule has 19 heavy (non-hydrogen) atoms. The Bertz CT molecular complexity index is 527. The number of benzene rings is 1. The standard InChI is InChI=1S/C14H17N3O2/c18-13-4-3-12(14(19)17-13)16-11-2-1-10-8-15-6-5-9(10)7-11/h1-2,7,12,15-16H,3-6,8H2,(H,17,18,19). The van der Waals surface area contributed by atoms with Crippen LogP contribution in [-0.4, -0.2) is 24.4 Å². The summed E-state index contributed by atoms with van der Waals surface area (Å²) in [6, 6.07) is 5.89. The fourth-order valence-electron chi connectivity index (χ4n) is 2.60. The predicted octanol–water partition coefficient (Wildman–Crippen LogP) is 0.549. The molecule has 5 heteroatoms. The van der Waals surface area contributed by atoms with Gasteiger partial charge in [0, 0.05) is 18.7 Å². The van der Waals surface area contributed by atoms with Gasteiger partial charge in [-0.1, -0.05) is 6.07 Å². The summed E-state index contributed by atoms with van der Waals surface area (Å²) in [6.07, 6.45) is 1.97. The lowest BCUT2D eigenvalue weighted by Crippen LogP contribution is -2.47. The number of hydrogen-bond acceptors (Lipinski definition) is 4. The van der Waals surface area contributed by atoms with Crippen molar-refractivity contribution < 1.29 is 9.59 Å². The fourth-order valence-corrected chi connectivity index (χ4v) is 2.60.